The van der Waals surface area contributed by atoms with E-state index in [4.69, 9.17) is 4.98 Å². The average molecular weight is 294 g/mol. The fourth-order valence-electron chi connectivity index (χ4n) is 3.36. The van der Waals surface area contributed by atoms with Crippen molar-refractivity contribution in [3.63, 3.8) is 0 Å². The molecule has 0 fully saturated rings. The number of hydrogen-bond acceptors (Lipinski definition) is 2. The molecule has 3 rings (SSSR count). The second-order valence-electron chi connectivity index (χ2n) is 6.89. The van der Waals surface area contributed by atoms with Crippen LogP contribution in [0.15, 0.2) is 30.5 Å². The molecule has 22 heavy (non-hydrogen) atoms. The summed E-state index contributed by atoms with van der Waals surface area (Å²) >= 11 is 0. The summed E-state index contributed by atoms with van der Waals surface area (Å²) in [7, 11) is 0. The van der Waals surface area contributed by atoms with Crippen LogP contribution in [-0.4, -0.2) is 9.97 Å². The van der Waals surface area contributed by atoms with Gasteiger partial charge < -0.3 is 0 Å². The third-order valence-corrected chi connectivity index (χ3v) is 4.99. The monoisotopic (exact) mass is 294 g/mol. The van der Waals surface area contributed by atoms with E-state index in [0.717, 1.165) is 36.1 Å². The van der Waals surface area contributed by atoms with Crippen molar-refractivity contribution in [2.24, 2.45) is 11.8 Å². The molecule has 0 saturated heterocycles. The number of benzene rings is 1. The highest BCUT2D eigenvalue weighted by Crippen LogP contribution is 2.30. The topological polar surface area (TPSA) is 25.8 Å². The summed E-state index contributed by atoms with van der Waals surface area (Å²) < 4.78 is 0. The first-order valence-electron chi connectivity index (χ1n) is 8.57. The van der Waals surface area contributed by atoms with Crippen LogP contribution < -0.4 is 0 Å². The second kappa shape index (κ2) is 6.60. The lowest BCUT2D eigenvalue weighted by atomic mass is 9.81. The fraction of sp³-hybridized carbons (Fsp3) is 0.500. The van der Waals surface area contributed by atoms with Gasteiger partial charge in [-0.2, -0.15) is 0 Å². The highest BCUT2D eigenvalue weighted by molar-refractivity contribution is 5.55. The van der Waals surface area contributed by atoms with Crippen LogP contribution in [0.5, 0.6) is 0 Å². The van der Waals surface area contributed by atoms with E-state index in [0.29, 0.717) is 0 Å². The first kappa shape index (κ1) is 15.2. The van der Waals surface area contributed by atoms with Gasteiger partial charge in [0.2, 0.25) is 0 Å². The van der Waals surface area contributed by atoms with E-state index in [9.17, 15) is 0 Å². The first-order chi connectivity index (χ1) is 10.7. The van der Waals surface area contributed by atoms with Crippen molar-refractivity contribution >= 4 is 0 Å². The van der Waals surface area contributed by atoms with E-state index < -0.39 is 0 Å². The highest BCUT2D eigenvalue weighted by Gasteiger charge is 2.22. The number of nitrogens with zero attached hydrogens (tertiary/aromatic N) is 2. The Kier molecular flexibility index (Phi) is 4.56. The summed E-state index contributed by atoms with van der Waals surface area (Å²) in [5.41, 5.74) is 5.03. The summed E-state index contributed by atoms with van der Waals surface area (Å²) in [6.45, 7) is 6.76. The Bertz CT molecular complexity index is 631. The maximum Gasteiger partial charge on any atom is 0.159 e. The molecule has 116 valence electrons. The van der Waals surface area contributed by atoms with Crippen LogP contribution in [0.25, 0.3) is 11.4 Å². The Labute approximate surface area is 134 Å². The van der Waals surface area contributed by atoms with Crippen LogP contribution in [0.1, 0.15) is 49.9 Å². The fourth-order valence-corrected chi connectivity index (χ4v) is 3.36. The molecule has 2 heteroatoms. The lowest BCUT2D eigenvalue weighted by Gasteiger charge is -2.26. The minimum Gasteiger partial charge on any atom is -0.236 e. The third kappa shape index (κ3) is 3.37. The van der Waals surface area contributed by atoms with Gasteiger partial charge in [-0.1, -0.05) is 50.1 Å². The van der Waals surface area contributed by atoms with Crippen LogP contribution in [0.2, 0.25) is 0 Å². The van der Waals surface area contributed by atoms with E-state index >= 15 is 0 Å². The van der Waals surface area contributed by atoms with Gasteiger partial charge in [-0.15, -0.1) is 0 Å². The smallest absolute Gasteiger partial charge is 0.159 e. The lowest BCUT2D eigenvalue weighted by Crippen LogP contribution is -2.18. The molecular formula is C20H26N2. The summed E-state index contributed by atoms with van der Waals surface area (Å²) in [5.74, 6) is 2.52. The molecule has 1 aliphatic rings. The summed E-state index contributed by atoms with van der Waals surface area (Å²) in [6.07, 6.45) is 8.25. The maximum absolute atomic E-state index is 4.84. The van der Waals surface area contributed by atoms with Gasteiger partial charge in [0, 0.05) is 17.5 Å². The average Bonchev–Trinajstić information content (AvgIpc) is 2.55. The SMILES string of the molecule is CCC(C)CC1CCc2nc(-c3ccc(C)cc3)ncc2C1. The quantitative estimate of drug-likeness (QED) is 0.793. The van der Waals surface area contributed by atoms with Crippen molar-refractivity contribution in [3.8, 4) is 11.4 Å². The first-order valence-corrected chi connectivity index (χ1v) is 8.57. The molecule has 1 aromatic carbocycles. The molecule has 0 aliphatic heterocycles. The van der Waals surface area contributed by atoms with Gasteiger partial charge in [0.25, 0.3) is 0 Å². The van der Waals surface area contributed by atoms with E-state index in [1.54, 1.807) is 0 Å². The van der Waals surface area contributed by atoms with E-state index in [2.05, 4.69) is 56.2 Å². The van der Waals surface area contributed by atoms with E-state index in [1.807, 2.05) is 0 Å². The van der Waals surface area contributed by atoms with Crippen LogP contribution in [-0.2, 0) is 12.8 Å². The molecule has 0 amide bonds. The Hall–Kier alpha value is -1.70. The molecule has 1 aliphatic carbocycles. The van der Waals surface area contributed by atoms with Crippen molar-refractivity contribution in [3.05, 3.63) is 47.3 Å². The molecule has 0 radical (unpaired) electrons. The Morgan fingerprint density at radius 2 is 2.00 bits per heavy atom. The summed E-state index contributed by atoms with van der Waals surface area (Å²) in [5, 5.41) is 0. The number of hydrogen-bond donors (Lipinski definition) is 0. The molecule has 2 nitrogen and oxygen atoms in total. The molecule has 1 aromatic heterocycles. The van der Waals surface area contributed by atoms with Crippen molar-refractivity contribution in [1.29, 1.82) is 0 Å². The van der Waals surface area contributed by atoms with Crippen LogP contribution >= 0.6 is 0 Å². The summed E-state index contributed by atoms with van der Waals surface area (Å²) in [6, 6.07) is 8.48. The molecule has 2 unspecified atom stereocenters. The van der Waals surface area contributed by atoms with Gasteiger partial charge in [0.15, 0.2) is 5.82 Å². The van der Waals surface area contributed by atoms with Crippen molar-refractivity contribution in [2.45, 2.75) is 52.9 Å². The largest absolute Gasteiger partial charge is 0.236 e. The van der Waals surface area contributed by atoms with Crippen LogP contribution in [0, 0.1) is 18.8 Å². The summed E-state index contributed by atoms with van der Waals surface area (Å²) in [4.78, 5) is 9.45. The van der Waals surface area contributed by atoms with Crippen molar-refractivity contribution in [2.75, 3.05) is 0 Å². The molecular weight excluding hydrogens is 268 g/mol. The highest BCUT2D eigenvalue weighted by atomic mass is 14.9. The number of rotatable bonds is 4. The molecule has 0 N–H and O–H groups in total. The third-order valence-electron chi connectivity index (χ3n) is 4.99. The second-order valence-corrected chi connectivity index (χ2v) is 6.89. The molecule has 1 heterocycles. The Morgan fingerprint density at radius 3 is 2.73 bits per heavy atom. The Morgan fingerprint density at radius 1 is 1.23 bits per heavy atom. The molecule has 0 saturated carbocycles. The predicted molar refractivity (Wildman–Crippen MR) is 91.8 cm³/mol. The van der Waals surface area contributed by atoms with Crippen molar-refractivity contribution in [1.82, 2.24) is 9.97 Å². The maximum atomic E-state index is 4.84. The zero-order valence-corrected chi connectivity index (χ0v) is 14.0. The van der Waals surface area contributed by atoms with Crippen LogP contribution in [0.3, 0.4) is 0 Å². The number of fused-ring (bicyclic) bond motifs is 1. The molecule has 0 bridgehead atoms. The Balaban J connectivity index is 1.77. The minimum absolute atomic E-state index is 0.816. The van der Waals surface area contributed by atoms with Gasteiger partial charge in [0.05, 0.1) is 0 Å². The standard InChI is InChI=1S/C20H26N2/c1-4-14(2)11-16-7-10-19-18(12-16)13-21-20(22-19)17-8-5-15(3)6-9-17/h5-6,8-9,13-14,16H,4,7,10-12H2,1-3H3. The van der Waals surface area contributed by atoms with Crippen LogP contribution in [0.4, 0.5) is 0 Å². The normalized spacial score (nSPS) is 18.8. The number of aryl methyl sites for hydroxylation is 2. The van der Waals surface area contributed by atoms with Gasteiger partial charge in [-0.25, -0.2) is 9.97 Å². The predicted octanol–water partition coefficient (Wildman–Crippen LogP) is 4.99. The molecule has 2 aromatic rings. The van der Waals surface area contributed by atoms with Gasteiger partial charge >= 0.3 is 0 Å². The minimum atomic E-state index is 0.816. The molecule has 2 atom stereocenters. The molecule has 0 spiro atoms. The zero-order chi connectivity index (χ0) is 15.5. The van der Waals surface area contributed by atoms with Crippen molar-refractivity contribution < 1.29 is 0 Å². The number of aromatic nitrogens is 2. The zero-order valence-electron chi connectivity index (χ0n) is 14.0. The van der Waals surface area contributed by atoms with Gasteiger partial charge in [-0.05, 0) is 50.0 Å². The van der Waals surface area contributed by atoms with E-state index in [1.165, 1.54) is 36.1 Å². The van der Waals surface area contributed by atoms with Gasteiger partial charge in [-0.3, -0.25) is 0 Å². The lowest BCUT2D eigenvalue weighted by molar-refractivity contribution is 0.346. The van der Waals surface area contributed by atoms with E-state index in [-0.39, 0.29) is 0 Å². The van der Waals surface area contributed by atoms with Gasteiger partial charge in [0.1, 0.15) is 0 Å².